The Kier molecular flexibility index (Phi) is 1.60. The molecule has 3 aromatic heterocycles. The zero-order valence-electron chi connectivity index (χ0n) is 9.60. The predicted octanol–water partition coefficient (Wildman–Crippen LogP) is 3.00. The van der Waals surface area contributed by atoms with E-state index in [0.29, 0.717) is 0 Å². The SMILES string of the molecule is Cc1cccn2c3c(nc12)-c1ccoc1CC3. The van der Waals surface area contributed by atoms with Gasteiger partial charge in [-0.05, 0) is 31.0 Å². The summed E-state index contributed by atoms with van der Waals surface area (Å²) in [6, 6.07) is 6.20. The number of imidazole rings is 1. The van der Waals surface area contributed by atoms with Crippen molar-refractivity contribution in [2.45, 2.75) is 19.8 Å². The quantitative estimate of drug-likeness (QED) is 0.587. The molecule has 3 nitrogen and oxygen atoms in total. The zero-order valence-corrected chi connectivity index (χ0v) is 9.60. The van der Waals surface area contributed by atoms with Gasteiger partial charge in [0.1, 0.15) is 11.4 Å². The van der Waals surface area contributed by atoms with Crippen LogP contribution >= 0.6 is 0 Å². The summed E-state index contributed by atoms with van der Waals surface area (Å²) >= 11 is 0. The van der Waals surface area contributed by atoms with Crippen LogP contribution in [0.4, 0.5) is 0 Å². The van der Waals surface area contributed by atoms with Gasteiger partial charge in [0.15, 0.2) is 0 Å². The van der Waals surface area contributed by atoms with Crippen molar-refractivity contribution in [1.29, 1.82) is 0 Å². The van der Waals surface area contributed by atoms with Crippen molar-refractivity contribution in [3.63, 3.8) is 0 Å². The molecule has 17 heavy (non-hydrogen) atoms. The lowest BCUT2D eigenvalue weighted by Crippen LogP contribution is -2.03. The Bertz CT molecular complexity index is 721. The van der Waals surface area contributed by atoms with Crippen molar-refractivity contribution in [3.05, 3.63) is 47.7 Å². The second-order valence-electron chi connectivity index (χ2n) is 4.55. The summed E-state index contributed by atoms with van der Waals surface area (Å²) in [6.07, 6.45) is 5.83. The molecule has 0 bridgehead atoms. The smallest absolute Gasteiger partial charge is 0.140 e. The molecule has 0 N–H and O–H groups in total. The Labute approximate surface area is 98.7 Å². The molecule has 0 amide bonds. The standard InChI is InChI=1S/C14H12N2O/c1-9-3-2-7-16-11-4-5-12-10(6-8-17-12)13(11)15-14(9)16/h2-3,6-8H,4-5H2,1H3. The number of hydrogen-bond acceptors (Lipinski definition) is 2. The number of pyridine rings is 1. The number of aryl methyl sites for hydroxylation is 3. The Morgan fingerprint density at radius 3 is 3.18 bits per heavy atom. The second-order valence-corrected chi connectivity index (χ2v) is 4.55. The Morgan fingerprint density at radius 1 is 1.29 bits per heavy atom. The molecule has 1 aliphatic carbocycles. The Hall–Kier alpha value is -2.03. The maximum atomic E-state index is 5.49. The summed E-state index contributed by atoms with van der Waals surface area (Å²) in [5, 5.41) is 0. The molecule has 0 unspecified atom stereocenters. The van der Waals surface area contributed by atoms with Crippen LogP contribution in [0.5, 0.6) is 0 Å². The van der Waals surface area contributed by atoms with Crippen molar-refractivity contribution < 1.29 is 4.42 Å². The number of aromatic nitrogens is 2. The van der Waals surface area contributed by atoms with E-state index in [1.807, 2.05) is 6.07 Å². The summed E-state index contributed by atoms with van der Waals surface area (Å²) in [5.74, 6) is 1.07. The van der Waals surface area contributed by atoms with Crippen molar-refractivity contribution in [2.75, 3.05) is 0 Å². The first-order valence-electron chi connectivity index (χ1n) is 5.88. The molecule has 3 heterocycles. The zero-order chi connectivity index (χ0) is 11.4. The summed E-state index contributed by atoms with van der Waals surface area (Å²) in [7, 11) is 0. The lowest BCUT2D eigenvalue weighted by molar-refractivity contribution is 0.506. The minimum absolute atomic E-state index is 0.969. The van der Waals surface area contributed by atoms with Crippen molar-refractivity contribution in [1.82, 2.24) is 9.38 Å². The van der Waals surface area contributed by atoms with Gasteiger partial charge in [0, 0.05) is 18.2 Å². The van der Waals surface area contributed by atoms with Gasteiger partial charge < -0.3 is 8.82 Å². The van der Waals surface area contributed by atoms with Gasteiger partial charge >= 0.3 is 0 Å². The van der Waals surface area contributed by atoms with Gasteiger partial charge in [-0.25, -0.2) is 4.98 Å². The van der Waals surface area contributed by atoms with E-state index in [4.69, 9.17) is 9.40 Å². The van der Waals surface area contributed by atoms with Gasteiger partial charge in [-0.3, -0.25) is 0 Å². The molecule has 0 saturated carbocycles. The van der Waals surface area contributed by atoms with Gasteiger partial charge in [-0.15, -0.1) is 0 Å². The van der Waals surface area contributed by atoms with Gasteiger partial charge in [-0.2, -0.15) is 0 Å². The fourth-order valence-corrected chi connectivity index (χ4v) is 2.68. The van der Waals surface area contributed by atoms with Crippen LogP contribution in [0.15, 0.2) is 35.1 Å². The molecule has 0 spiro atoms. The number of rotatable bonds is 0. The normalized spacial score (nSPS) is 13.7. The van der Waals surface area contributed by atoms with E-state index in [-0.39, 0.29) is 0 Å². The highest BCUT2D eigenvalue weighted by Crippen LogP contribution is 2.34. The summed E-state index contributed by atoms with van der Waals surface area (Å²) in [4.78, 5) is 4.77. The monoisotopic (exact) mass is 224 g/mol. The average molecular weight is 224 g/mol. The molecule has 1 aliphatic rings. The van der Waals surface area contributed by atoms with Crippen molar-refractivity contribution in [3.8, 4) is 11.3 Å². The summed E-state index contributed by atoms with van der Waals surface area (Å²) < 4.78 is 7.70. The molecule has 0 saturated heterocycles. The van der Waals surface area contributed by atoms with Gasteiger partial charge in [-0.1, -0.05) is 6.07 Å². The van der Waals surface area contributed by atoms with Crippen LogP contribution in [0.3, 0.4) is 0 Å². The molecule has 0 aliphatic heterocycles. The van der Waals surface area contributed by atoms with Crippen LogP contribution in [-0.4, -0.2) is 9.38 Å². The topological polar surface area (TPSA) is 30.4 Å². The molecule has 0 aromatic carbocycles. The van der Waals surface area contributed by atoms with Crippen LogP contribution in [0, 0.1) is 6.92 Å². The molecule has 84 valence electrons. The molecule has 3 heteroatoms. The minimum Gasteiger partial charge on any atom is -0.469 e. The maximum absolute atomic E-state index is 5.49. The molecule has 4 rings (SSSR count). The lowest BCUT2D eigenvalue weighted by Gasteiger charge is -2.10. The second kappa shape index (κ2) is 3.00. The van der Waals surface area contributed by atoms with Crippen LogP contribution in [0.1, 0.15) is 17.0 Å². The van der Waals surface area contributed by atoms with Crippen LogP contribution in [0.2, 0.25) is 0 Å². The Morgan fingerprint density at radius 2 is 2.24 bits per heavy atom. The van der Waals surface area contributed by atoms with E-state index < -0.39 is 0 Å². The first-order chi connectivity index (χ1) is 8.34. The first kappa shape index (κ1) is 9.05. The van der Waals surface area contributed by atoms with E-state index in [0.717, 1.165) is 35.5 Å². The third kappa shape index (κ3) is 1.08. The molecular weight excluding hydrogens is 212 g/mol. The fraction of sp³-hybridized carbons (Fsp3) is 0.214. The molecule has 0 radical (unpaired) electrons. The molecule has 0 atom stereocenters. The van der Waals surface area contributed by atoms with E-state index in [1.165, 1.54) is 11.3 Å². The minimum atomic E-state index is 0.969. The van der Waals surface area contributed by atoms with Gasteiger partial charge in [0.05, 0.1) is 17.7 Å². The van der Waals surface area contributed by atoms with Gasteiger partial charge in [0.2, 0.25) is 0 Å². The highest BCUT2D eigenvalue weighted by atomic mass is 16.3. The number of fused-ring (bicyclic) bond motifs is 5. The average Bonchev–Trinajstić information content (AvgIpc) is 2.91. The van der Waals surface area contributed by atoms with Crippen LogP contribution in [0.25, 0.3) is 16.9 Å². The highest BCUT2D eigenvalue weighted by Gasteiger charge is 2.23. The summed E-state index contributed by atoms with van der Waals surface area (Å²) in [5.41, 5.74) is 5.83. The van der Waals surface area contributed by atoms with Crippen molar-refractivity contribution >= 4 is 5.65 Å². The lowest BCUT2D eigenvalue weighted by atomic mass is 9.99. The third-order valence-corrected chi connectivity index (χ3v) is 3.53. The number of furan rings is 1. The molecular formula is C14H12N2O. The maximum Gasteiger partial charge on any atom is 0.140 e. The first-order valence-corrected chi connectivity index (χ1v) is 5.88. The van der Waals surface area contributed by atoms with E-state index in [9.17, 15) is 0 Å². The predicted molar refractivity (Wildman–Crippen MR) is 65.0 cm³/mol. The number of hydrogen-bond donors (Lipinski definition) is 0. The van der Waals surface area contributed by atoms with Crippen molar-refractivity contribution in [2.24, 2.45) is 0 Å². The fourth-order valence-electron chi connectivity index (χ4n) is 2.68. The summed E-state index contributed by atoms with van der Waals surface area (Å²) in [6.45, 7) is 2.10. The Balaban J connectivity index is 2.14. The highest BCUT2D eigenvalue weighted by molar-refractivity contribution is 5.71. The van der Waals surface area contributed by atoms with E-state index in [1.54, 1.807) is 6.26 Å². The van der Waals surface area contributed by atoms with E-state index in [2.05, 4.69) is 29.7 Å². The van der Waals surface area contributed by atoms with Gasteiger partial charge in [0.25, 0.3) is 0 Å². The van der Waals surface area contributed by atoms with Crippen LogP contribution in [-0.2, 0) is 12.8 Å². The largest absolute Gasteiger partial charge is 0.469 e. The molecule has 0 fully saturated rings. The third-order valence-electron chi connectivity index (χ3n) is 3.53. The van der Waals surface area contributed by atoms with E-state index >= 15 is 0 Å². The molecule has 3 aromatic rings. The van der Waals surface area contributed by atoms with Crippen LogP contribution < -0.4 is 0 Å². The number of nitrogens with zero attached hydrogens (tertiary/aromatic N) is 2.